The Hall–Kier alpha value is -7.02. The van der Waals surface area contributed by atoms with Crippen molar-refractivity contribution in [1.82, 2.24) is 0 Å². The van der Waals surface area contributed by atoms with Crippen molar-refractivity contribution >= 4 is 44.3 Å². The number of carbonyl (C=O) groups is 2. The van der Waals surface area contributed by atoms with Crippen LogP contribution < -0.4 is 9.47 Å². The van der Waals surface area contributed by atoms with E-state index in [-0.39, 0.29) is 60.6 Å². The largest absolute Gasteiger partial charge is 0.508 e. The van der Waals surface area contributed by atoms with E-state index < -0.39 is 24.1 Å². The Kier molecular flexibility index (Phi) is 21.9. The molecule has 7 aromatic rings. The highest BCUT2D eigenvalue weighted by Crippen LogP contribution is 2.30. The average molecular weight is 891 g/mol. The molecule has 0 radical (unpaired) electrons. The molecule has 0 aromatic heterocycles. The summed E-state index contributed by atoms with van der Waals surface area (Å²) in [5, 5.41) is 64.0. The molecule has 0 aliphatic carbocycles. The van der Waals surface area contributed by atoms with Gasteiger partial charge in [-0.1, -0.05) is 115 Å². The van der Waals surface area contributed by atoms with E-state index in [1.807, 2.05) is 81.4 Å². The molecule has 0 amide bonds. The van der Waals surface area contributed by atoms with Gasteiger partial charge in [0.1, 0.15) is 84.3 Å². The summed E-state index contributed by atoms with van der Waals surface area (Å²) in [4.78, 5) is 24.6. The van der Waals surface area contributed by atoms with Crippen molar-refractivity contribution in [1.29, 1.82) is 0 Å². The van der Waals surface area contributed by atoms with Crippen molar-refractivity contribution < 1.29 is 59.2 Å². The van der Waals surface area contributed by atoms with Crippen molar-refractivity contribution in [3.63, 3.8) is 0 Å². The molecule has 2 atom stereocenters. The number of aliphatic hydroxyl groups excluding tert-OH is 2. The summed E-state index contributed by atoms with van der Waals surface area (Å²) < 4.78 is 21.3. The Bertz CT molecular complexity index is 2570. The number of ether oxygens (including phenoxy) is 4. The summed E-state index contributed by atoms with van der Waals surface area (Å²) in [6.07, 6.45) is 0.451. The fraction of sp³-hybridized carbons (Fsp3) is 0.283. The topological polar surface area (TPSA) is 192 Å². The van der Waals surface area contributed by atoms with Crippen molar-refractivity contribution in [3.05, 3.63) is 144 Å². The lowest BCUT2D eigenvalue weighted by Gasteiger charge is -2.14. The quantitative estimate of drug-likeness (QED) is 0.0637. The highest BCUT2D eigenvalue weighted by Gasteiger charge is 2.18. The Balaban J connectivity index is 0.000000299. The molecule has 346 valence electrons. The number of para-hydroxylation sites is 1. The van der Waals surface area contributed by atoms with Crippen molar-refractivity contribution in [3.8, 4) is 34.5 Å². The smallest absolute Gasteiger partial charge is 0.342 e. The van der Waals surface area contributed by atoms with Crippen LogP contribution >= 0.6 is 0 Å². The zero-order chi connectivity index (χ0) is 47.9. The fourth-order valence-corrected chi connectivity index (χ4v) is 5.82. The number of hydrogen-bond acceptors (Lipinski definition) is 12. The van der Waals surface area contributed by atoms with Crippen LogP contribution in [0, 0.1) is 6.92 Å². The molecule has 0 fully saturated rings. The highest BCUT2D eigenvalue weighted by molar-refractivity contribution is 6.00. The highest BCUT2D eigenvalue weighted by atomic mass is 16.6. The van der Waals surface area contributed by atoms with Gasteiger partial charge in [-0.05, 0) is 112 Å². The number of carbonyl (C=O) groups excluding carboxylic acids is 2. The van der Waals surface area contributed by atoms with Gasteiger partial charge in [0.15, 0.2) is 0 Å². The molecule has 0 bridgehead atoms. The van der Waals surface area contributed by atoms with E-state index in [0.29, 0.717) is 33.0 Å². The SMILES string of the molecule is CC.CCC.CCC.Cc1ccccc1OCC(O)COC(=O)c1cc2cc(O)ccc2cc1O.O=C(OCC(O)COc1ccc2ccccc2c1)c1cc2cc(O)ccc2cc1O. The number of aliphatic hydroxyl groups is 2. The van der Waals surface area contributed by atoms with Gasteiger partial charge in [-0.15, -0.1) is 0 Å². The van der Waals surface area contributed by atoms with Gasteiger partial charge < -0.3 is 49.6 Å². The lowest BCUT2D eigenvalue weighted by atomic mass is 10.1. The molecule has 0 spiro atoms. The molecule has 0 saturated carbocycles. The molecule has 6 N–H and O–H groups in total. The Morgan fingerprint density at radius 3 is 1.38 bits per heavy atom. The van der Waals surface area contributed by atoms with Crippen LogP contribution in [0.4, 0.5) is 0 Å². The van der Waals surface area contributed by atoms with Crippen molar-refractivity contribution in [2.75, 3.05) is 26.4 Å². The number of esters is 2. The van der Waals surface area contributed by atoms with E-state index in [0.717, 1.165) is 16.3 Å². The molecule has 7 rings (SSSR count). The lowest BCUT2D eigenvalue weighted by molar-refractivity contribution is 0.0125. The molecule has 65 heavy (non-hydrogen) atoms. The summed E-state index contributed by atoms with van der Waals surface area (Å²) in [6.45, 7) is 13.7. The third-order valence-corrected chi connectivity index (χ3v) is 8.82. The van der Waals surface area contributed by atoms with E-state index in [2.05, 4.69) is 27.7 Å². The van der Waals surface area contributed by atoms with Gasteiger partial charge in [0, 0.05) is 0 Å². The second-order valence-electron chi connectivity index (χ2n) is 14.6. The predicted octanol–water partition coefficient (Wildman–Crippen LogP) is 11.0. The molecule has 0 heterocycles. The van der Waals surface area contributed by atoms with E-state index >= 15 is 0 Å². The summed E-state index contributed by atoms with van der Waals surface area (Å²) in [7, 11) is 0. The number of hydrogen-bond donors (Lipinski definition) is 6. The minimum atomic E-state index is -1.04. The number of phenols is 4. The maximum absolute atomic E-state index is 12.3. The van der Waals surface area contributed by atoms with Crippen LogP contribution in [0.5, 0.6) is 34.5 Å². The van der Waals surface area contributed by atoms with Crippen molar-refractivity contribution in [2.45, 2.75) is 73.5 Å². The summed E-state index contributed by atoms with van der Waals surface area (Å²) in [6, 6.07) is 35.8. The minimum absolute atomic E-state index is 0.0320. The van der Waals surface area contributed by atoms with Crippen LogP contribution in [-0.4, -0.2) is 81.2 Å². The number of fused-ring (bicyclic) bond motifs is 3. The zero-order valence-electron chi connectivity index (χ0n) is 38.2. The summed E-state index contributed by atoms with van der Waals surface area (Å²) in [5.41, 5.74) is 0.849. The van der Waals surface area contributed by atoms with Gasteiger partial charge in [-0.3, -0.25) is 0 Å². The molecule has 0 aliphatic rings. The van der Waals surface area contributed by atoms with Crippen LogP contribution in [0.1, 0.15) is 80.7 Å². The first-order chi connectivity index (χ1) is 31.3. The molecule has 12 nitrogen and oxygen atoms in total. The number of aromatic hydroxyl groups is 4. The number of rotatable bonds is 12. The van der Waals surface area contributed by atoms with Crippen LogP contribution in [0.3, 0.4) is 0 Å². The van der Waals surface area contributed by atoms with Crippen LogP contribution in [0.2, 0.25) is 0 Å². The van der Waals surface area contributed by atoms with Crippen molar-refractivity contribution in [2.24, 2.45) is 0 Å². The van der Waals surface area contributed by atoms with Crippen LogP contribution in [0.25, 0.3) is 32.3 Å². The van der Waals surface area contributed by atoms with Crippen LogP contribution in [-0.2, 0) is 9.47 Å². The third kappa shape index (κ3) is 16.6. The van der Waals surface area contributed by atoms with E-state index in [1.165, 1.54) is 61.4 Å². The summed E-state index contributed by atoms with van der Waals surface area (Å²) >= 11 is 0. The molecule has 0 saturated heterocycles. The van der Waals surface area contributed by atoms with Crippen LogP contribution in [0.15, 0.2) is 127 Å². The average Bonchev–Trinajstić information content (AvgIpc) is 3.30. The van der Waals surface area contributed by atoms with Gasteiger partial charge in [0.2, 0.25) is 0 Å². The first-order valence-electron chi connectivity index (χ1n) is 21.7. The number of phenolic OH excluding ortho intramolecular Hbond substituents is 4. The Labute approximate surface area is 380 Å². The molecule has 12 heteroatoms. The monoisotopic (exact) mass is 890 g/mol. The molecule has 2 unspecified atom stereocenters. The first kappa shape index (κ1) is 52.3. The molecular weight excluding hydrogens is 829 g/mol. The number of aryl methyl sites for hydroxylation is 1. The predicted molar refractivity (Wildman–Crippen MR) is 257 cm³/mol. The third-order valence-electron chi connectivity index (χ3n) is 8.82. The van der Waals surface area contributed by atoms with E-state index in [4.69, 9.17) is 18.9 Å². The molecule has 7 aromatic carbocycles. The van der Waals surface area contributed by atoms with Gasteiger partial charge in [0.25, 0.3) is 0 Å². The van der Waals surface area contributed by atoms with Gasteiger partial charge in [-0.2, -0.15) is 0 Å². The zero-order valence-corrected chi connectivity index (χ0v) is 38.2. The van der Waals surface area contributed by atoms with Gasteiger partial charge >= 0.3 is 11.9 Å². The molecular formula is C53H62O12. The van der Waals surface area contributed by atoms with Gasteiger partial charge in [-0.25, -0.2) is 9.59 Å². The second kappa shape index (κ2) is 27.2. The fourth-order valence-electron chi connectivity index (χ4n) is 5.82. The summed E-state index contributed by atoms with van der Waals surface area (Å²) in [5.74, 6) is -0.662. The molecule has 0 aliphatic heterocycles. The van der Waals surface area contributed by atoms with E-state index in [1.54, 1.807) is 18.2 Å². The number of benzene rings is 7. The lowest BCUT2D eigenvalue weighted by Crippen LogP contribution is -2.25. The Morgan fingerprint density at radius 1 is 0.477 bits per heavy atom. The second-order valence-corrected chi connectivity index (χ2v) is 14.6. The Morgan fingerprint density at radius 2 is 0.892 bits per heavy atom. The standard InChI is InChI=1S/C24H20O6.C21H20O6.2C3H8.C2H6/c25-19-7-5-17-12-23(27)22(11-18(17)9-19)24(28)30-14-20(26)13-29-21-8-6-15-3-1-2-4-16(15)10-21;1-13-4-2-3-5-20(13)26-11-17(23)12-27-21(25)18-9-15-8-16(22)7-6-14(15)10-19(18)24;2*1-3-2;1-2/h1-12,20,25-27H,13-14H2;2-10,17,22-24H,11-12H2,1H3;2*3H2,1-2H3;1-2H3. The maximum Gasteiger partial charge on any atom is 0.342 e. The normalized spacial score (nSPS) is 11.2. The van der Waals surface area contributed by atoms with E-state index in [9.17, 15) is 40.2 Å². The first-order valence-corrected chi connectivity index (χ1v) is 21.7. The van der Waals surface area contributed by atoms with Gasteiger partial charge in [0.05, 0.1) is 0 Å². The maximum atomic E-state index is 12.3. The minimum Gasteiger partial charge on any atom is -0.508 e.